The van der Waals surface area contributed by atoms with E-state index in [-0.39, 0.29) is 36.5 Å². The molecule has 0 amide bonds. The summed E-state index contributed by atoms with van der Waals surface area (Å²) >= 11 is 4.27. The third-order valence-corrected chi connectivity index (χ3v) is 4.72. The first-order valence-electron chi connectivity index (χ1n) is 6.62. The summed E-state index contributed by atoms with van der Waals surface area (Å²) in [5.41, 5.74) is 13.3. The molecule has 0 aromatic heterocycles. The van der Waals surface area contributed by atoms with E-state index in [9.17, 15) is 0 Å². The fraction of sp³-hybridized carbons (Fsp3) is 0.0667. The van der Waals surface area contributed by atoms with Crippen LogP contribution in [0.25, 0.3) is 0 Å². The lowest BCUT2D eigenvalue weighted by molar-refractivity contribution is 0.301. The maximum absolute atomic E-state index is 8.77. The molecule has 0 fully saturated rings. The molecule has 0 unspecified atom stereocenters. The minimum absolute atomic E-state index is 0. The van der Waals surface area contributed by atoms with Crippen LogP contribution in [0.15, 0.2) is 46.7 Å². The molecule has 7 nitrogen and oxygen atoms in total. The molecular formula is C15H16Cl2I2N4O3. The number of ether oxygens (including phenoxy) is 1. The van der Waals surface area contributed by atoms with E-state index >= 15 is 0 Å². The third-order valence-electron chi connectivity index (χ3n) is 3.12. The quantitative estimate of drug-likeness (QED) is 0.133. The Kier molecular flexibility index (Phi) is 11.0. The highest BCUT2D eigenvalue weighted by Gasteiger charge is 2.12. The summed E-state index contributed by atoms with van der Waals surface area (Å²) in [6, 6.07) is 10.8. The number of benzene rings is 2. The van der Waals surface area contributed by atoms with Crippen LogP contribution in [0.5, 0.6) is 5.75 Å². The molecule has 0 aliphatic carbocycles. The normalized spacial score (nSPS) is 11.3. The van der Waals surface area contributed by atoms with Crippen molar-refractivity contribution >= 4 is 81.7 Å². The average molecular weight is 625 g/mol. The zero-order valence-electron chi connectivity index (χ0n) is 13.1. The molecule has 0 heterocycles. The molecule has 0 saturated heterocycles. The summed E-state index contributed by atoms with van der Waals surface area (Å²) in [6.07, 6.45) is 0. The molecule has 0 aliphatic heterocycles. The lowest BCUT2D eigenvalue weighted by Gasteiger charge is -2.12. The first kappa shape index (κ1) is 24.8. The number of rotatable bonds is 5. The van der Waals surface area contributed by atoms with Gasteiger partial charge < -0.3 is 26.6 Å². The van der Waals surface area contributed by atoms with Crippen LogP contribution in [0.4, 0.5) is 0 Å². The fourth-order valence-electron chi connectivity index (χ4n) is 1.94. The summed E-state index contributed by atoms with van der Waals surface area (Å²) in [7, 11) is 0. The molecule has 11 heteroatoms. The van der Waals surface area contributed by atoms with Crippen LogP contribution in [0, 0.1) is 7.14 Å². The van der Waals surface area contributed by atoms with Gasteiger partial charge in [0.25, 0.3) is 0 Å². The fourth-order valence-corrected chi connectivity index (χ4v) is 4.02. The molecule has 0 saturated carbocycles. The van der Waals surface area contributed by atoms with Crippen molar-refractivity contribution in [3.63, 3.8) is 0 Å². The van der Waals surface area contributed by atoms with E-state index in [0.717, 1.165) is 12.7 Å². The highest BCUT2D eigenvalue weighted by molar-refractivity contribution is 14.1. The van der Waals surface area contributed by atoms with Crippen molar-refractivity contribution in [2.24, 2.45) is 21.8 Å². The van der Waals surface area contributed by atoms with Gasteiger partial charge in [0.2, 0.25) is 0 Å². The maximum atomic E-state index is 8.77. The molecule has 0 bridgehead atoms. The predicted molar refractivity (Wildman–Crippen MR) is 122 cm³/mol. The molecule has 2 aromatic carbocycles. The van der Waals surface area contributed by atoms with Gasteiger partial charge in [-0.3, -0.25) is 0 Å². The first-order valence-corrected chi connectivity index (χ1v) is 8.78. The Morgan fingerprint density at radius 1 is 0.923 bits per heavy atom. The first-order chi connectivity index (χ1) is 11.5. The molecule has 0 spiro atoms. The van der Waals surface area contributed by atoms with Crippen molar-refractivity contribution in [1.82, 2.24) is 0 Å². The minimum Gasteiger partial charge on any atom is -0.487 e. The summed E-state index contributed by atoms with van der Waals surface area (Å²) in [5.74, 6) is 0.799. The van der Waals surface area contributed by atoms with Crippen molar-refractivity contribution in [2.75, 3.05) is 0 Å². The van der Waals surface area contributed by atoms with Crippen LogP contribution in [0.2, 0.25) is 0 Å². The Morgan fingerprint density at radius 2 is 1.46 bits per heavy atom. The van der Waals surface area contributed by atoms with Crippen LogP contribution < -0.4 is 16.2 Å². The largest absolute Gasteiger partial charge is 0.487 e. The predicted octanol–water partition coefficient (Wildman–Crippen LogP) is 3.51. The van der Waals surface area contributed by atoms with Crippen LogP contribution >= 0.6 is 70.0 Å². The van der Waals surface area contributed by atoms with E-state index in [1.807, 2.05) is 12.1 Å². The van der Waals surface area contributed by atoms with Gasteiger partial charge in [0.05, 0.1) is 7.14 Å². The van der Waals surface area contributed by atoms with E-state index in [1.165, 1.54) is 0 Å². The van der Waals surface area contributed by atoms with Crippen molar-refractivity contribution < 1.29 is 15.2 Å². The number of oxime groups is 2. The summed E-state index contributed by atoms with van der Waals surface area (Å²) in [4.78, 5) is 0. The Hall–Kier alpha value is -1.18. The summed E-state index contributed by atoms with van der Waals surface area (Å²) < 4.78 is 7.57. The standard InChI is InChI=1S/C15H14I2N4O3.2ClH/c16-11-5-10(15(19)21-23)6-12(17)13(11)24-7-8-2-1-3-9(4-8)14(18)20-22;;/h1-6,22-23H,7H2,(H2,18,20)(H2,19,21);2*1H. The molecule has 0 atom stereocenters. The zero-order chi connectivity index (χ0) is 17.7. The van der Waals surface area contributed by atoms with E-state index in [4.69, 9.17) is 26.6 Å². The number of halogens is 4. The number of nitrogens with two attached hydrogens (primary N) is 2. The summed E-state index contributed by atoms with van der Waals surface area (Å²) in [6.45, 7) is 0.321. The minimum atomic E-state index is 0. The molecule has 142 valence electrons. The van der Waals surface area contributed by atoms with Gasteiger partial charge in [-0.2, -0.15) is 0 Å². The van der Waals surface area contributed by atoms with Crippen molar-refractivity contribution in [2.45, 2.75) is 6.61 Å². The van der Waals surface area contributed by atoms with Gasteiger partial charge in [-0.25, -0.2) is 0 Å². The van der Waals surface area contributed by atoms with E-state index in [2.05, 4.69) is 55.5 Å². The molecule has 26 heavy (non-hydrogen) atoms. The second-order valence-electron chi connectivity index (χ2n) is 4.73. The number of amidine groups is 2. The SMILES string of the molecule is Cl.Cl.N/C(=N\O)c1cccc(COc2c(I)cc(/C(N)=N/O)cc2I)c1. The van der Waals surface area contributed by atoms with Gasteiger partial charge in [-0.15, -0.1) is 24.8 Å². The second-order valence-corrected chi connectivity index (χ2v) is 7.05. The Morgan fingerprint density at radius 3 is 2.00 bits per heavy atom. The Bertz CT molecular complexity index is 796. The van der Waals surface area contributed by atoms with Gasteiger partial charge >= 0.3 is 0 Å². The van der Waals surface area contributed by atoms with E-state index in [0.29, 0.717) is 23.5 Å². The van der Waals surface area contributed by atoms with Crippen LogP contribution in [0.3, 0.4) is 0 Å². The van der Waals surface area contributed by atoms with Crippen molar-refractivity contribution in [3.05, 3.63) is 60.2 Å². The lowest BCUT2D eigenvalue weighted by Crippen LogP contribution is -2.14. The zero-order valence-corrected chi connectivity index (χ0v) is 19.0. The Labute approximate surface area is 189 Å². The lowest BCUT2D eigenvalue weighted by atomic mass is 10.1. The van der Waals surface area contributed by atoms with Crippen molar-refractivity contribution in [1.29, 1.82) is 0 Å². The highest BCUT2D eigenvalue weighted by atomic mass is 127. The van der Waals surface area contributed by atoms with E-state index < -0.39 is 0 Å². The van der Waals surface area contributed by atoms with Crippen LogP contribution in [-0.4, -0.2) is 22.1 Å². The van der Waals surface area contributed by atoms with Gasteiger partial charge in [-0.1, -0.05) is 28.5 Å². The molecule has 2 aromatic rings. The second kappa shape index (κ2) is 11.5. The molecule has 6 N–H and O–H groups in total. The van der Waals surface area contributed by atoms with Crippen LogP contribution in [0.1, 0.15) is 16.7 Å². The number of hydrogen-bond donors (Lipinski definition) is 4. The van der Waals surface area contributed by atoms with Crippen LogP contribution in [-0.2, 0) is 6.61 Å². The van der Waals surface area contributed by atoms with Crippen molar-refractivity contribution in [3.8, 4) is 5.75 Å². The monoisotopic (exact) mass is 624 g/mol. The third kappa shape index (κ3) is 6.21. The Balaban J connectivity index is 0.00000312. The average Bonchev–Trinajstić information content (AvgIpc) is 2.59. The van der Waals surface area contributed by atoms with Gasteiger partial charge in [0, 0.05) is 11.1 Å². The molecule has 2 rings (SSSR count). The summed E-state index contributed by atoms with van der Waals surface area (Å²) in [5, 5.41) is 23.5. The molecule has 0 aliphatic rings. The maximum Gasteiger partial charge on any atom is 0.170 e. The van der Waals surface area contributed by atoms with Gasteiger partial charge in [-0.05, 0) is 68.9 Å². The molecular weight excluding hydrogens is 609 g/mol. The smallest absolute Gasteiger partial charge is 0.170 e. The number of nitrogens with zero attached hydrogens (tertiary/aromatic N) is 2. The molecule has 0 radical (unpaired) electrons. The topological polar surface area (TPSA) is 126 Å². The van der Waals surface area contributed by atoms with E-state index in [1.54, 1.807) is 24.3 Å². The highest BCUT2D eigenvalue weighted by Crippen LogP contribution is 2.29. The number of hydrogen-bond acceptors (Lipinski definition) is 5. The van der Waals surface area contributed by atoms with Gasteiger partial charge in [0.1, 0.15) is 12.4 Å². The van der Waals surface area contributed by atoms with Gasteiger partial charge in [0.15, 0.2) is 11.7 Å².